The molecular formula is C13H15Cl2NO3. The number of rotatable bonds is 7. The fourth-order valence-corrected chi connectivity index (χ4v) is 1.85. The van der Waals surface area contributed by atoms with Crippen molar-refractivity contribution in [3.63, 3.8) is 0 Å². The molecule has 0 heterocycles. The van der Waals surface area contributed by atoms with Crippen molar-refractivity contribution in [1.29, 1.82) is 0 Å². The number of aliphatic carboxylic acids is 1. The number of benzene rings is 1. The Hall–Kier alpha value is -1.26. The van der Waals surface area contributed by atoms with Gasteiger partial charge in [-0.15, -0.1) is 0 Å². The van der Waals surface area contributed by atoms with Gasteiger partial charge in [0.25, 0.3) is 0 Å². The molecule has 0 spiro atoms. The van der Waals surface area contributed by atoms with Crippen molar-refractivity contribution in [3.05, 3.63) is 33.8 Å². The minimum atomic E-state index is -0.852. The van der Waals surface area contributed by atoms with Gasteiger partial charge in [0.05, 0.1) is 16.3 Å². The zero-order valence-corrected chi connectivity index (χ0v) is 12.0. The third-order valence-electron chi connectivity index (χ3n) is 2.49. The third-order valence-corrected chi connectivity index (χ3v) is 3.22. The summed E-state index contributed by atoms with van der Waals surface area (Å²) in [7, 11) is 0. The Morgan fingerprint density at radius 2 is 2.21 bits per heavy atom. The Labute approximate surface area is 122 Å². The summed E-state index contributed by atoms with van der Waals surface area (Å²) in [4.78, 5) is 15.6. The van der Waals surface area contributed by atoms with E-state index in [4.69, 9.17) is 33.1 Å². The fourth-order valence-electron chi connectivity index (χ4n) is 1.54. The Morgan fingerprint density at radius 3 is 2.79 bits per heavy atom. The standard InChI is InChI=1S/C13H15Cl2NO3/c1-2-19-16-8-10(4-6-13(17)18)9-3-5-11(14)12(15)7-9/h3,5,7-8,10H,2,4,6H2,1H3,(H,17,18). The molecule has 0 aromatic heterocycles. The van der Waals surface area contributed by atoms with Crippen LogP contribution in [0, 0.1) is 0 Å². The predicted molar refractivity (Wildman–Crippen MR) is 76.2 cm³/mol. The van der Waals surface area contributed by atoms with Crippen LogP contribution in [0.4, 0.5) is 0 Å². The van der Waals surface area contributed by atoms with Crippen LogP contribution in [0.1, 0.15) is 31.2 Å². The topological polar surface area (TPSA) is 58.9 Å². The second-order valence-electron chi connectivity index (χ2n) is 3.88. The van der Waals surface area contributed by atoms with Crippen LogP contribution < -0.4 is 0 Å². The van der Waals surface area contributed by atoms with Gasteiger partial charge in [-0.05, 0) is 31.0 Å². The highest BCUT2D eigenvalue weighted by Gasteiger charge is 2.13. The Balaban J connectivity index is 2.86. The minimum absolute atomic E-state index is 0.0447. The summed E-state index contributed by atoms with van der Waals surface area (Å²) in [6.07, 6.45) is 2.05. The van der Waals surface area contributed by atoms with E-state index < -0.39 is 5.97 Å². The summed E-state index contributed by atoms with van der Waals surface area (Å²) in [6.45, 7) is 2.28. The summed E-state index contributed by atoms with van der Waals surface area (Å²) < 4.78 is 0. The number of carboxylic acid groups (broad SMARTS) is 1. The first-order chi connectivity index (χ1) is 9.04. The zero-order valence-electron chi connectivity index (χ0n) is 10.5. The van der Waals surface area contributed by atoms with Crippen LogP contribution in [0.25, 0.3) is 0 Å². The second-order valence-corrected chi connectivity index (χ2v) is 4.70. The average Bonchev–Trinajstić information content (AvgIpc) is 2.37. The molecule has 1 atom stereocenters. The van der Waals surface area contributed by atoms with Gasteiger partial charge in [-0.1, -0.05) is 34.4 Å². The third kappa shape index (κ3) is 5.49. The van der Waals surface area contributed by atoms with Crippen molar-refractivity contribution >= 4 is 35.4 Å². The van der Waals surface area contributed by atoms with Gasteiger partial charge in [0.2, 0.25) is 0 Å². The molecule has 0 saturated carbocycles. The predicted octanol–water partition coefficient (Wildman–Crippen LogP) is 3.96. The van der Waals surface area contributed by atoms with Gasteiger partial charge in [0.15, 0.2) is 0 Å². The highest BCUT2D eigenvalue weighted by Crippen LogP contribution is 2.28. The fraction of sp³-hybridized carbons (Fsp3) is 0.385. The molecule has 4 nitrogen and oxygen atoms in total. The monoisotopic (exact) mass is 303 g/mol. The molecule has 1 unspecified atom stereocenters. The number of hydrogen-bond donors (Lipinski definition) is 1. The number of nitrogens with zero attached hydrogens (tertiary/aromatic N) is 1. The maximum Gasteiger partial charge on any atom is 0.303 e. The lowest BCUT2D eigenvalue weighted by molar-refractivity contribution is -0.137. The van der Waals surface area contributed by atoms with E-state index in [9.17, 15) is 4.79 Å². The molecule has 0 amide bonds. The Kier molecular flexibility index (Phi) is 6.67. The van der Waals surface area contributed by atoms with E-state index in [2.05, 4.69) is 5.16 Å². The van der Waals surface area contributed by atoms with Gasteiger partial charge in [0, 0.05) is 12.3 Å². The summed E-state index contributed by atoms with van der Waals surface area (Å²) >= 11 is 11.8. The van der Waals surface area contributed by atoms with E-state index in [0.717, 1.165) is 5.56 Å². The molecule has 0 saturated heterocycles. The molecule has 1 aromatic rings. The van der Waals surface area contributed by atoms with Gasteiger partial charge in [0.1, 0.15) is 6.61 Å². The quantitative estimate of drug-likeness (QED) is 0.612. The lowest BCUT2D eigenvalue weighted by atomic mass is 9.95. The van der Waals surface area contributed by atoms with Gasteiger partial charge >= 0.3 is 5.97 Å². The molecule has 1 N–H and O–H groups in total. The van der Waals surface area contributed by atoms with Gasteiger partial charge in [-0.2, -0.15) is 0 Å². The molecule has 6 heteroatoms. The number of hydrogen-bond acceptors (Lipinski definition) is 3. The highest BCUT2D eigenvalue weighted by atomic mass is 35.5. The van der Waals surface area contributed by atoms with Gasteiger partial charge in [-0.3, -0.25) is 4.79 Å². The first-order valence-corrected chi connectivity index (χ1v) is 6.62. The molecule has 0 aliphatic rings. The number of oxime groups is 1. The summed E-state index contributed by atoms with van der Waals surface area (Å²) in [6, 6.07) is 5.20. The van der Waals surface area contributed by atoms with E-state index in [1.54, 1.807) is 24.4 Å². The van der Waals surface area contributed by atoms with Crippen LogP contribution >= 0.6 is 23.2 Å². The molecule has 19 heavy (non-hydrogen) atoms. The van der Waals surface area contributed by atoms with Gasteiger partial charge in [-0.25, -0.2) is 0 Å². The van der Waals surface area contributed by atoms with Crippen molar-refractivity contribution in [2.45, 2.75) is 25.7 Å². The normalized spacial score (nSPS) is 12.6. The average molecular weight is 304 g/mol. The molecule has 1 aromatic carbocycles. The second kappa shape index (κ2) is 8.02. The van der Waals surface area contributed by atoms with E-state index in [-0.39, 0.29) is 12.3 Å². The summed E-state index contributed by atoms with van der Waals surface area (Å²) in [5, 5.41) is 13.5. The Bertz CT molecular complexity index is 463. The SMILES string of the molecule is CCON=CC(CCC(=O)O)c1ccc(Cl)c(Cl)c1. The molecule has 0 aliphatic carbocycles. The highest BCUT2D eigenvalue weighted by molar-refractivity contribution is 6.42. The van der Waals surface area contributed by atoms with Crippen LogP contribution in [-0.4, -0.2) is 23.9 Å². The molecule has 0 bridgehead atoms. The summed E-state index contributed by atoms with van der Waals surface area (Å²) in [5.41, 5.74) is 0.860. The maximum atomic E-state index is 10.7. The number of halogens is 2. The van der Waals surface area contributed by atoms with Crippen LogP contribution in [0.3, 0.4) is 0 Å². The molecule has 0 radical (unpaired) electrons. The van der Waals surface area contributed by atoms with Crippen LogP contribution in [0.5, 0.6) is 0 Å². The largest absolute Gasteiger partial charge is 0.481 e. The first kappa shape index (κ1) is 15.8. The lowest BCUT2D eigenvalue weighted by Gasteiger charge is -2.12. The minimum Gasteiger partial charge on any atom is -0.481 e. The molecule has 0 aliphatic heterocycles. The smallest absolute Gasteiger partial charge is 0.303 e. The van der Waals surface area contributed by atoms with E-state index >= 15 is 0 Å². The molecule has 1 rings (SSSR count). The summed E-state index contributed by atoms with van der Waals surface area (Å²) in [5.74, 6) is -1.02. The van der Waals surface area contributed by atoms with E-state index in [1.807, 2.05) is 6.92 Å². The van der Waals surface area contributed by atoms with Crippen molar-refractivity contribution < 1.29 is 14.7 Å². The number of carbonyl (C=O) groups is 1. The van der Waals surface area contributed by atoms with Crippen molar-refractivity contribution in [2.24, 2.45) is 5.16 Å². The van der Waals surface area contributed by atoms with Gasteiger partial charge < -0.3 is 9.94 Å². The van der Waals surface area contributed by atoms with Crippen molar-refractivity contribution in [1.82, 2.24) is 0 Å². The van der Waals surface area contributed by atoms with E-state index in [1.165, 1.54) is 0 Å². The van der Waals surface area contributed by atoms with Crippen LogP contribution in [0.2, 0.25) is 10.0 Å². The van der Waals surface area contributed by atoms with Crippen LogP contribution in [0.15, 0.2) is 23.4 Å². The maximum absolute atomic E-state index is 10.7. The van der Waals surface area contributed by atoms with Crippen molar-refractivity contribution in [2.75, 3.05) is 6.61 Å². The number of carboxylic acids is 1. The Morgan fingerprint density at radius 1 is 1.47 bits per heavy atom. The first-order valence-electron chi connectivity index (χ1n) is 5.86. The molecule has 104 valence electrons. The molecular weight excluding hydrogens is 289 g/mol. The molecule has 0 fully saturated rings. The lowest BCUT2D eigenvalue weighted by Crippen LogP contribution is -2.05. The van der Waals surface area contributed by atoms with E-state index in [0.29, 0.717) is 23.1 Å². The van der Waals surface area contributed by atoms with Crippen molar-refractivity contribution in [3.8, 4) is 0 Å². The van der Waals surface area contributed by atoms with Crippen LogP contribution in [-0.2, 0) is 9.63 Å². The zero-order chi connectivity index (χ0) is 14.3.